The molecule has 0 saturated carbocycles. The molecule has 2 heterocycles. The van der Waals surface area contributed by atoms with Gasteiger partial charge in [0.1, 0.15) is 18.0 Å². The molecule has 2 aliphatic rings. The molecule has 0 radical (unpaired) electrons. The highest BCUT2D eigenvalue weighted by Gasteiger charge is 2.37. The van der Waals surface area contributed by atoms with Crippen molar-refractivity contribution in [3.8, 4) is 11.5 Å². The van der Waals surface area contributed by atoms with E-state index in [0.717, 1.165) is 12.1 Å². The molecular formula is C33H35ClF3N5O5. The van der Waals surface area contributed by atoms with Gasteiger partial charge in [-0.1, -0.05) is 29.8 Å². The van der Waals surface area contributed by atoms with E-state index in [2.05, 4.69) is 10.2 Å². The highest BCUT2D eigenvalue weighted by atomic mass is 35.5. The zero-order valence-corrected chi connectivity index (χ0v) is 26.7. The van der Waals surface area contributed by atoms with Crippen LogP contribution in [0.4, 0.5) is 23.7 Å². The molecule has 3 aromatic rings. The number of carbonyl (C=O) groups excluding carboxylic acids is 2. The van der Waals surface area contributed by atoms with Crippen LogP contribution in [0.25, 0.3) is 0 Å². The molecule has 1 atom stereocenters. The number of carbonyl (C=O) groups is 2. The summed E-state index contributed by atoms with van der Waals surface area (Å²) in [5.74, 6) is 0.599. The zero-order valence-electron chi connectivity index (χ0n) is 25.9. The lowest BCUT2D eigenvalue weighted by atomic mass is 9.97. The molecular weight excluding hydrogens is 639 g/mol. The van der Waals surface area contributed by atoms with Gasteiger partial charge in [0.25, 0.3) is 5.91 Å². The van der Waals surface area contributed by atoms with Crippen LogP contribution >= 0.6 is 11.6 Å². The van der Waals surface area contributed by atoms with E-state index in [4.69, 9.17) is 30.9 Å². The number of hydrogen-bond donors (Lipinski definition) is 1. The maximum absolute atomic E-state index is 14.2. The molecule has 14 heteroatoms. The standard InChI is InChI=1S/C33H35ClF3N5O5/c1-45-24-11-12-30(46-2)26(19-24)29-20-28(25-5-3-4-6-27(25)34)39-42(29)31(43)21-41(14-13-40-15-17-47-18-16-40)32(44)38-23-9-7-22(8-10-23)33(35,36)37/h3-12,19,29H,13-18,20-21H2,1-2H3,(H,38,44)/t29-/m1/s1. The molecule has 47 heavy (non-hydrogen) atoms. The van der Waals surface area contributed by atoms with Crippen molar-refractivity contribution in [2.75, 3.05) is 65.5 Å². The Morgan fingerprint density at radius 1 is 1.04 bits per heavy atom. The lowest BCUT2D eigenvalue weighted by molar-refractivity contribution is -0.137. The van der Waals surface area contributed by atoms with Gasteiger partial charge in [-0.25, -0.2) is 9.80 Å². The van der Waals surface area contributed by atoms with Gasteiger partial charge in [0.05, 0.1) is 44.8 Å². The number of hydrazone groups is 1. The fraction of sp³-hybridized carbons (Fsp3) is 0.364. The maximum atomic E-state index is 14.2. The number of ether oxygens (including phenoxy) is 3. The van der Waals surface area contributed by atoms with Crippen LogP contribution < -0.4 is 14.8 Å². The second kappa shape index (κ2) is 15.1. The zero-order chi connectivity index (χ0) is 33.6. The topological polar surface area (TPSA) is 95.9 Å². The molecule has 0 aliphatic carbocycles. The van der Waals surface area contributed by atoms with Crippen molar-refractivity contribution >= 4 is 34.9 Å². The van der Waals surface area contributed by atoms with Gasteiger partial charge >= 0.3 is 12.2 Å². The Kier molecular flexibility index (Phi) is 10.9. The molecule has 250 valence electrons. The van der Waals surface area contributed by atoms with E-state index in [-0.39, 0.29) is 18.8 Å². The van der Waals surface area contributed by atoms with Crippen LogP contribution in [0, 0.1) is 0 Å². The first-order chi connectivity index (χ1) is 22.6. The molecule has 1 saturated heterocycles. The predicted molar refractivity (Wildman–Crippen MR) is 171 cm³/mol. The van der Waals surface area contributed by atoms with Gasteiger partial charge in [0.2, 0.25) is 0 Å². The summed E-state index contributed by atoms with van der Waals surface area (Å²) < 4.78 is 55.8. The number of nitrogens with zero attached hydrogens (tertiary/aromatic N) is 4. The first-order valence-corrected chi connectivity index (χ1v) is 15.3. The fourth-order valence-electron chi connectivity index (χ4n) is 5.46. The van der Waals surface area contributed by atoms with Crippen LogP contribution in [-0.2, 0) is 15.7 Å². The SMILES string of the molecule is COc1ccc(OC)c([C@H]2CC(c3ccccc3Cl)=NN2C(=O)CN(CCN2CCOCC2)C(=O)Nc2ccc(C(F)(F)F)cc2)c1. The lowest BCUT2D eigenvalue weighted by Crippen LogP contribution is -2.47. The van der Waals surface area contributed by atoms with Crippen LogP contribution in [0.5, 0.6) is 11.5 Å². The Hall–Kier alpha value is -4.33. The summed E-state index contributed by atoms with van der Waals surface area (Å²) in [6.07, 6.45) is -4.20. The summed E-state index contributed by atoms with van der Waals surface area (Å²) in [7, 11) is 3.07. The Morgan fingerprint density at radius 2 is 1.77 bits per heavy atom. The summed E-state index contributed by atoms with van der Waals surface area (Å²) >= 11 is 6.52. The summed E-state index contributed by atoms with van der Waals surface area (Å²) in [6.45, 7) is 2.69. The number of rotatable bonds is 10. The fourth-order valence-corrected chi connectivity index (χ4v) is 5.71. The second-order valence-corrected chi connectivity index (χ2v) is 11.4. The molecule has 3 amide bonds. The largest absolute Gasteiger partial charge is 0.497 e. The highest BCUT2D eigenvalue weighted by Crippen LogP contribution is 2.40. The van der Waals surface area contributed by atoms with E-state index in [1.54, 1.807) is 30.3 Å². The van der Waals surface area contributed by atoms with Gasteiger partial charge in [-0.3, -0.25) is 9.69 Å². The van der Waals surface area contributed by atoms with E-state index in [1.165, 1.54) is 36.3 Å². The molecule has 1 N–H and O–H groups in total. The molecule has 10 nitrogen and oxygen atoms in total. The minimum atomic E-state index is -4.51. The normalized spacial score (nSPS) is 16.9. The first-order valence-electron chi connectivity index (χ1n) is 15.0. The number of anilines is 1. The van der Waals surface area contributed by atoms with Crippen LogP contribution in [0.2, 0.25) is 5.02 Å². The lowest BCUT2D eigenvalue weighted by Gasteiger charge is -2.31. The number of halogens is 4. The minimum absolute atomic E-state index is 0.158. The monoisotopic (exact) mass is 673 g/mol. The third-order valence-electron chi connectivity index (χ3n) is 8.01. The van der Waals surface area contributed by atoms with Crippen LogP contribution in [0.3, 0.4) is 0 Å². The molecule has 1 fully saturated rings. The highest BCUT2D eigenvalue weighted by molar-refractivity contribution is 6.34. The number of hydrogen-bond acceptors (Lipinski definition) is 7. The van der Waals surface area contributed by atoms with Crippen molar-refractivity contribution in [1.82, 2.24) is 14.8 Å². The van der Waals surface area contributed by atoms with Gasteiger partial charge in [0, 0.05) is 54.4 Å². The minimum Gasteiger partial charge on any atom is -0.497 e. The van der Waals surface area contributed by atoms with Crippen molar-refractivity contribution in [2.24, 2.45) is 5.10 Å². The Morgan fingerprint density at radius 3 is 2.43 bits per heavy atom. The van der Waals surface area contributed by atoms with Crippen molar-refractivity contribution in [1.29, 1.82) is 0 Å². The number of amides is 3. The van der Waals surface area contributed by atoms with Gasteiger partial charge < -0.3 is 24.4 Å². The van der Waals surface area contributed by atoms with E-state index in [1.807, 2.05) is 12.1 Å². The first kappa shape index (κ1) is 34.0. The van der Waals surface area contributed by atoms with E-state index >= 15 is 0 Å². The predicted octanol–water partition coefficient (Wildman–Crippen LogP) is 5.92. The van der Waals surface area contributed by atoms with Crippen LogP contribution in [0.15, 0.2) is 71.8 Å². The number of urea groups is 1. The van der Waals surface area contributed by atoms with E-state index in [0.29, 0.717) is 72.6 Å². The van der Waals surface area contributed by atoms with Crippen molar-refractivity contribution in [3.63, 3.8) is 0 Å². The summed E-state index contributed by atoms with van der Waals surface area (Å²) in [5, 5.41) is 9.16. The van der Waals surface area contributed by atoms with E-state index in [9.17, 15) is 22.8 Å². The van der Waals surface area contributed by atoms with Crippen molar-refractivity contribution < 1.29 is 37.0 Å². The summed E-state index contributed by atoms with van der Waals surface area (Å²) in [4.78, 5) is 31.2. The molecule has 0 bridgehead atoms. The van der Waals surface area contributed by atoms with Crippen LogP contribution in [-0.4, -0.2) is 92.6 Å². The van der Waals surface area contributed by atoms with Crippen molar-refractivity contribution in [2.45, 2.75) is 18.6 Å². The third-order valence-corrected chi connectivity index (χ3v) is 8.34. The molecule has 0 unspecified atom stereocenters. The molecule has 3 aromatic carbocycles. The number of methoxy groups -OCH3 is 2. The third kappa shape index (κ3) is 8.34. The smallest absolute Gasteiger partial charge is 0.416 e. The van der Waals surface area contributed by atoms with Gasteiger partial charge in [-0.2, -0.15) is 18.3 Å². The average molecular weight is 674 g/mol. The number of benzene rings is 3. The molecule has 2 aliphatic heterocycles. The number of morpholine rings is 1. The molecule has 0 spiro atoms. The number of alkyl halides is 3. The average Bonchev–Trinajstić information content (AvgIpc) is 3.52. The quantitative estimate of drug-likeness (QED) is 0.287. The van der Waals surface area contributed by atoms with Gasteiger partial charge in [-0.15, -0.1) is 0 Å². The maximum Gasteiger partial charge on any atom is 0.416 e. The Balaban J connectivity index is 1.43. The molecule has 5 rings (SSSR count). The van der Waals surface area contributed by atoms with Crippen molar-refractivity contribution in [3.05, 3.63) is 88.4 Å². The summed E-state index contributed by atoms with van der Waals surface area (Å²) in [6, 6.07) is 15.3. The number of nitrogens with one attached hydrogen (secondary N) is 1. The Labute approximate surface area is 275 Å². The Bertz CT molecular complexity index is 1600. The van der Waals surface area contributed by atoms with Gasteiger partial charge in [0.15, 0.2) is 0 Å². The summed E-state index contributed by atoms with van der Waals surface area (Å²) in [5.41, 5.74) is 1.22. The van der Waals surface area contributed by atoms with Gasteiger partial charge in [-0.05, 0) is 48.5 Å². The molecule has 0 aromatic heterocycles. The van der Waals surface area contributed by atoms with E-state index < -0.39 is 29.7 Å². The second-order valence-electron chi connectivity index (χ2n) is 11.0. The van der Waals surface area contributed by atoms with Crippen LogP contribution in [0.1, 0.15) is 29.2 Å².